The molecule has 0 unspecified atom stereocenters. The van der Waals surface area contributed by atoms with Gasteiger partial charge < -0.3 is 9.38 Å². The van der Waals surface area contributed by atoms with Crippen LogP contribution in [0.3, 0.4) is 0 Å². The van der Waals surface area contributed by atoms with Crippen molar-refractivity contribution in [2.75, 3.05) is 45.0 Å². The van der Waals surface area contributed by atoms with Crippen molar-refractivity contribution in [1.82, 2.24) is 29.9 Å². The molecule has 1 aliphatic rings. The molecule has 1 saturated heterocycles. The molecule has 1 fully saturated rings. The largest absolute Gasteiger partial charge is 0.345 e. The summed E-state index contributed by atoms with van der Waals surface area (Å²) in [6, 6.07) is 8.94. The molecule has 0 amide bonds. The molecule has 168 valence electrons. The molecule has 0 N–H and O–H groups in total. The molecule has 0 radical (unpaired) electrons. The van der Waals surface area contributed by atoms with Gasteiger partial charge in [-0.15, -0.1) is 5.10 Å². The van der Waals surface area contributed by atoms with Gasteiger partial charge >= 0.3 is 0 Å². The van der Waals surface area contributed by atoms with Crippen LogP contribution >= 0.6 is 0 Å². The number of anilines is 1. The van der Waals surface area contributed by atoms with Gasteiger partial charge in [0.25, 0.3) is 0 Å². The predicted molar refractivity (Wildman–Crippen MR) is 126 cm³/mol. The Labute approximate surface area is 200 Å². The summed E-state index contributed by atoms with van der Waals surface area (Å²) in [5, 5.41) is 8.93. The molecule has 0 spiro atoms. The number of hydrogen-bond donors (Lipinski definition) is 0. The third-order valence-electron chi connectivity index (χ3n) is 5.74. The number of piperazine rings is 1. The molecule has 33 heavy (non-hydrogen) atoms. The highest BCUT2D eigenvalue weighted by atomic mass is 16.1. The van der Waals surface area contributed by atoms with Gasteiger partial charge in [-0.2, -0.15) is 0 Å². The Morgan fingerprint density at radius 1 is 1.15 bits per heavy atom. The molecule has 4 heterocycles. The zero-order chi connectivity index (χ0) is 28.0. The number of fused-ring (bicyclic) bond motifs is 1. The van der Waals surface area contributed by atoms with Crippen LogP contribution in [-0.4, -0.2) is 80.3 Å². The van der Waals surface area contributed by atoms with E-state index in [-0.39, 0.29) is 38.4 Å². The topological polar surface area (TPSA) is 89.7 Å². The Hall–Kier alpha value is -3.72. The lowest BCUT2D eigenvalue weighted by atomic mass is 10.1. The van der Waals surface area contributed by atoms with Crippen molar-refractivity contribution in [3.05, 3.63) is 60.3 Å². The van der Waals surface area contributed by atoms with Crippen molar-refractivity contribution in [1.29, 1.82) is 0 Å². The Bertz CT molecular complexity index is 1510. The Morgan fingerprint density at radius 2 is 2.00 bits per heavy atom. The van der Waals surface area contributed by atoms with E-state index in [1.54, 1.807) is 36.3 Å². The fourth-order valence-electron chi connectivity index (χ4n) is 3.83. The van der Waals surface area contributed by atoms with Crippen LogP contribution in [0.2, 0.25) is 0 Å². The average molecular weight is 450 g/mol. The van der Waals surface area contributed by atoms with Gasteiger partial charge in [-0.05, 0) is 18.2 Å². The highest BCUT2D eigenvalue weighted by Gasteiger charge is 2.25. The third-order valence-corrected chi connectivity index (χ3v) is 5.74. The fraction of sp³-hybridized carbons (Fsp3) is 0.333. The number of likely N-dealkylation sites (N-methyl/N-ethyl adjacent to an activating group) is 1. The smallest absolute Gasteiger partial charge is 0.170 e. The number of benzene rings is 1. The molecule has 0 atom stereocenters. The van der Waals surface area contributed by atoms with Crippen LogP contribution in [0.15, 0.2) is 48.9 Å². The summed E-state index contributed by atoms with van der Waals surface area (Å²) < 4.78 is 47.8. The number of nitrogens with zero attached hydrogens (tertiary/aromatic N) is 8. The number of ketones is 1. The third kappa shape index (κ3) is 4.58. The van der Waals surface area contributed by atoms with Crippen LogP contribution in [0.5, 0.6) is 0 Å². The summed E-state index contributed by atoms with van der Waals surface area (Å²) in [5.74, 6) is 0.663. The molecule has 0 saturated carbocycles. The standard InChI is InChI=1S/C24H27N8O/c1-30-16-21(28-29-30)17-4-5-19-15-26-23(27-20(19)12-17)14-22(33)18-6-7-25-24(13-18)31-8-10-32(2,3)11-9-31/h4-7,12-13,15-16H,8-11,14H2,1-3H3/q+1/i2D3,3D3. The van der Waals surface area contributed by atoms with E-state index < -0.39 is 18.4 Å². The van der Waals surface area contributed by atoms with Crippen molar-refractivity contribution in [2.24, 2.45) is 7.05 Å². The Morgan fingerprint density at radius 3 is 2.76 bits per heavy atom. The monoisotopic (exact) mass is 449 g/mol. The molecule has 5 rings (SSSR count). The van der Waals surface area contributed by atoms with E-state index in [2.05, 4.69) is 25.3 Å². The lowest BCUT2D eigenvalue weighted by Crippen LogP contribution is -2.55. The van der Waals surface area contributed by atoms with Crippen molar-refractivity contribution in [3.63, 3.8) is 0 Å². The maximum Gasteiger partial charge on any atom is 0.170 e. The minimum atomic E-state index is -2.67. The predicted octanol–water partition coefficient (Wildman–Crippen LogP) is 2.14. The first-order chi connectivity index (χ1) is 18.4. The van der Waals surface area contributed by atoms with Gasteiger partial charge in [0.05, 0.1) is 66.5 Å². The van der Waals surface area contributed by atoms with Gasteiger partial charge in [0, 0.05) is 36.0 Å². The number of aromatic nitrogens is 6. The molecular formula is C24H27N8O+. The maximum absolute atomic E-state index is 13.1. The van der Waals surface area contributed by atoms with E-state index in [1.807, 2.05) is 23.1 Å². The highest BCUT2D eigenvalue weighted by molar-refractivity contribution is 5.98. The van der Waals surface area contributed by atoms with Crippen molar-refractivity contribution in [3.8, 4) is 11.3 Å². The van der Waals surface area contributed by atoms with Crippen LogP contribution < -0.4 is 4.90 Å². The molecule has 4 aromatic rings. The van der Waals surface area contributed by atoms with Crippen LogP contribution in [0.25, 0.3) is 22.2 Å². The molecule has 0 bridgehead atoms. The van der Waals surface area contributed by atoms with E-state index in [4.69, 9.17) is 8.22 Å². The second-order valence-corrected chi connectivity index (χ2v) is 8.24. The van der Waals surface area contributed by atoms with E-state index in [9.17, 15) is 4.79 Å². The maximum atomic E-state index is 13.1. The van der Waals surface area contributed by atoms with Gasteiger partial charge in [0.15, 0.2) is 5.78 Å². The molecular weight excluding hydrogens is 416 g/mol. The van der Waals surface area contributed by atoms with Gasteiger partial charge in [0.1, 0.15) is 17.3 Å². The number of pyridine rings is 1. The summed E-state index contributed by atoms with van der Waals surface area (Å²) in [5.41, 5.74) is 2.66. The van der Waals surface area contributed by atoms with Crippen LogP contribution in [-0.2, 0) is 13.5 Å². The number of carbonyl (C=O) groups is 1. The summed E-state index contributed by atoms with van der Waals surface area (Å²) in [6.45, 7) is -5.15. The average Bonchev–Trinajstić information content (AvgIpc) is 3.33. The Kier molecular flexibility index (Phi) is 3.83. The minimum Gasteiger partial charge on any atom is -0.345 e. The van der Waals surface area contributed by atoms with E-state index >= 15 is 0 Å². The number of aryl methyl sites for hydroxylation is 1. The van der Waals surface area contributed by atoms with Gasteiger partial charge in [-0.1, -0.05) is 17.3 Å². The van der Waals surface area contributed by atoms with Crippen LogP contribution in [0, 0.1) is 0 Å². The molecule has 3 aromatic heterocycles. The molecule has 1 aromatic carbocycles. The second kappa shape index (κ2) is 8.32. The number of carbonyl (C=O) groups excluding carboxylic acids is 1. The van der Waals surface area contributed by atoms with Gasteiger partial charge in [-0.3, -0.25) is 9.48 Å². The van der Waals surface area contributed by atoms with Gasteiger partial charge in [0.2, 0.25) is 0 Å². The summed E-state index contributed by atoms with van der Waals surface area (Å²) in [4.78, 5) is 28.2. The quantitative estimate of drug-likeness (QED) is 0.341. The highest BCUT2D eigenvalue weighted by Crippen LogP contribution is 2.22. The van der Waals surface area contributed by atoms with Crippen molar-refractivity contribution < 1.29 is 17.5 Å². The first-order valence-electron chi connectivity index (χ1n) is 13.6. The molecule has 9 heteroatoms. The minimum absolute atomic E-state index is 0.0210. The lowest BCUT2D eigenvalue weighted by Gasteiger charge is -2.39. The number of rotatable bonds is 5. The van der Waals surface area contributed by atoms with E-state index in [0.29, 0.717) is 28.4 Å². The summed E-state index contributed by atoms with van der Waals surface area (Å²) in [7, 11) is 1.79. The summed E-state index contributed by atoms with van der Waals surface area (Å²) in [6.07, 6.45) is 4.98. The van der Waals surface area contributed by atoms with Gasteiger partial charge in [-0.25, -0.2) is 15.0 Å². The normalized spacial score (nSPS) is 19.1. The molecule has 0 aliphatic carbocycles. The zero-order valence-corrected chi connectivity index (χ0v) is 18.1. The van der Waals surface area contributed by atoms with E-state index in [1.165, 1.54) is 6.20 Å². The molecule has 1 aliphatic heterocycles. The van der Waals surface area contributed by atoms with Crippen LogP contribution in [0.1, 0.15) is 24.4 Å². The van der Waals surface area contributed by atoms with Crippen LogP contribution in [0.4, 0.5) is 5.82 Å². The lowest BCUT2D eigenvalue weighted by molar-refractivity contribution is -0.890. The first-order valence-corrected chi connectivity index (χ1v) is 10.6. The SMILES string of the molecule is [2H]C([2H])([2H])[N+]1(C([2H])([2H])[2H])CCN(c2cc(C(=O)Cc3ncc4ccc(-c5cn(C)nn5)cc4n3)ccn2)CC1. The number of quaternary nitrogens is 1. The second-order valence-electron chi connectivity index (χ2n) is 8.24. The number of hydrogen-bond acceptors (Lipinski definition) is 7. The van der Waals surface area contributed by atoms with Crippen molar-refractivity contribution >= 4 is 22.5 Å². The molecule has 9 nitrogen and oxygen atoms in total. The fourth-order valence-corrected chi connectivity index (χ4v) is 3.83. The number of Topliss-reactive ketones (excluding diaryl/α,β-unsaturated/α-hetero) is 1. The van der Waals surface area contributed by atoms with Crippen molar-refractivity contribution in [2.45, 2.75) is 6.42 Å². The zero-order valence-electron chi connectivity index (χ0n) is 24.1. The Balaban J connectivity index is 1.32. The van der Waals surface area contributed by atoms with E-state index in [0.717, 1.165) is 10.9 Å². The summed E-state index contributed by atoms with van der Waals surface area (Å²) >= 11 is 0. The first kappa shape index (κ1) is 15.2.